The van der Waals surface area contributed by atoms with Gasteiger partial charge in [0.2, 0.25) is 17.7 Å². The molecular weight excluding hydrogens is 1010 g/mol. The van der Waals surface area contributed by atoms with E-state index in [1.807, 2.05) is 0 Å². The summed E-state index contributed by atoms with van der Waals surface area (Å²) < 4.78 is 71.3. The van der Waals surface area contributed by atoms with Gasteiger partial charge in [-0.2, -0.15) is 0 Å². The number of nitrogens with zero attached hydrogens (tertiary/aromatic N) is 1. The highest BCUT2D eigenvalue weighted by molar-refractivity contribution is 6.01. The number of ether oxygens (including phenoxy) is 13. The number of nitrogens with one attached hydrogen (secondary N) is 3. The van der Waals surface area contributed by atoms with Crippen molar-refractivity contribution in [3.05, 3.63) is 0 Å². The minimum Gasteiger partial charge on any atom is -0.382 e. The second-order valence-electron chi connectivity index (χ2n) is 17.1. The molecular formula is C50H88N4O22. The molecule has 0 bridgehead atoms. The highest BCUT2D eigenvalue weighted by Crippen LogP contribution is 2.14. The van der Waals surface area contributed by atoms with Gasteiger partial charge in [0.15, 0.2) is 0 Å². The van der Waals surface area contributed by atoms with E-state index >= 15 is 0 Å². The summed E-state index contributed by atoms with van der Waals surface area (Å²) in [6.45, 7) is 6.13. The first-order valence-corrected chi connectivity index (χ1v) is 26.1. The molecule has 5 amide bonds. The van der Waals surface area contributed by atoms with Crippen molar-refractivity contribution >= 4 is 47.1 Å². The van der Waals surface area contributed by atoms with Gasteiger partial charge < -0.3 is 82.4 Å². The molecule has 0 aromatic rings. The van der Waals surface area contributed by atoms with Crippen LogP contribution in [0.3, 0.4) is 0 Å². The molecule has 0 aromatic carbocycles. The molecule has 0 aromatic heterocycles. The van der Waals surface area contributed by atoms with Crippen LogP contribution in [-0.2, 0) is 105 Å². The van der Waals surface area contributed by atoms with Crippen LogP contribution >= 0.6 is 0 Å². The lowest BCUT2D eigenvalue weighted by atomic mass is 10.0. The average molecular weight is 1100 g/mol. The maximum Gasteiger partial charge on any atom is 0.333 e. The van der Waals surface area contributed by atoms with E-state index in [0.717, 1.165) is 0 Å². The quantitative estimate of drug-likeness (QED) is 0.0542. The minimum absolute atomic E-state index is 0.00583. The number of carbonyl (C=O) groups is 8. The average Bonchev–Trinajstić information content (AvgIpc) is 3.71. The zero-order valence-electron chi connectivity index (χ0n) is 45.3. The normalized spacial score (nSPS) is 12.6. The Bertz CT molecular complexity index is 1470. The Hall–Kier alpha value is -4.16. The van der Waals surface area contributed by atoms with Crippen molar-refractivity contribution in [2.75, 3.05) is 186 Å². The van der Waals surface area contributed by atoms with Crippen LogP contribution in [0.2, 0.25) is 0 Å². The molecule has 1 aliphatic rings. The molecule has 26 nitrogen and oxygen atoms in total. The Balaban J connectivity index is 2.56. The lowest BCUT2D eigenvalue weighted by Crippen LogP contribution is -2.59. The standard InChI is InChI=1S/C50H88N4O22/c1-63-27-30-66-19-5-7-42(55)13-21-73-39-50(40-74-22-14-43(56)8-6-20-67-31-28-64-2,41-75-24-15-45(58)52-18-25-69-32-29-65-3)53-46(59)16-23-68-33-35-71-37-38-72-36-34-70-26-17-51-44(57)9-4-10-49(62)76-54-47(60)11-12-48(54)61/h4-41H2,1-3H3,(H,51,57)(H,52,58)(H,53,59). The maximum absolute atomic E-state index is 13.5. The van der Waals surface area contributed by atoms with Crippen LogP contribution in [0.5, 0.6) is 0 Å². The Labute approximate surface area is 447 Å². The van der Waals surface area contributed by atoms with Gasteiger partial charge in [-0.05, 0) is 19.3 Å². The molecule has 1 heterocycles. The number of methoxy groups -OCH3 is 3. The highest BCUT2D eigenvalue weighted by atomic mass is 16.7. The number of hydrogen-bond acceptors (Lipinski definition) is 22. The monoisotopic (exact) mass is 1100 g/mol. The molecule has 0 unspecified atom stereocenters. The van der Waals surface area contributed by atoms with Crippen LogP contribution in [0.1, 0.15) is 83.5 Å². The summed E-state index contributed by atoms with van der Waals surface area (Å²) in [6, 6.07) is 0. The second kappa shape index (κ2) is 49.2. The van der Waals surface area contributed by atoms with Gasteiger partial charge in [0, 0.05) is 112 Å². The highest BCUT2D eigenvalue weighted by Gasteiger charge is 2.35. The van der Waals surface area contributed by atoms with Crippen molar-refractivity contribution in [3.8, 4) is 0 Å². The van der Waals surface area contributed by atoms with Crippen LogP contribution in [0.15, 0.2) is 0 Å². The summed E-state index contributed by atoms with van der Waals surface area (Å²) in [4.78, 5) is 103. The first-order valence-electron chi connectivity index (χ1n) is 26.1. The summed E-state index contributed by atoms with van der Waals surface area (Å²) >= 11 is 0. The Morgan fingerprint density at radius 3 is 1.22 bits per heavy atom. The summed E-state index contributed by atoms with van der Waals surface area (Å²) in [5.41, 5.74) is -1.27. The van der Waals surface area contributed by atoms with Crippen LogP contribution in [-0.4, -0.2) is 244 Å². The number of hydroxylamine groups is 2. The molecule has 1 saturated heterocycles. The Morgan fingerprint density at radius 2 is 0.763 bits per heavy atom. The summed E-state index contributed by atoms with van der Waals surface area (Å²) in [5, 5.41) is 8.91. The fourth-order valence-electron chi connectivity index (χ4n) is 6.48. The molecule has 0 aliphatic carbocycles. The van der Waals surface area contributed by atoms with E-state index < -0.39 is 29.2 Å². The number of carbonyl (C=O) groups excluding carboxylic acids is 8. The lowest BCUT2D eigenvalue weighted by Gasteiger charge is -2.34. The maximum atomic E-state index is 13.5. The predicted octanol–water partition coefficient (Wildman–Crippen LogP) is 0.215. The third-order valence-electron chi connectivity index (χ3n) is 10.6. The largest absolute Gasteiger partial charge is 0.382 e. The van der Waals surface area contributed by atoms with Gasteiger partial charge in [0.1, 0.15) is 17.1 Å². The number of ketones is 2. The van der Waals surface area contributed by atoms with Gasteiger partial charge in [-0.25, -0.2) is 4.79 Å². The molecule has 440 valence electrons. The Morgan fingerprint density at radius 1 is 0.395 bits per heavy atom. The number of rotatable bonds is 56. The van der Waals surface area contributed by atoms with Crippen molar-refractivity contribution in [1.82, 2.24) is 21.0 Å². The number of Topliss-reactive ketones (excluding diaryl/α,β-unsaturated/α-hetero) is 2. The van der Waals surface area contributed by atoms with E-state index in [0.29, 0.717) is 110 Å². The SMILES string of the molecule is COCCOCCCC(=O)CCOCC(COCCC(=O)CCCOCCOC)(COCCC(=O)NCCOCCOC)NC(=O)CCOCCOCCOCCOCCNC(=O)CCCC(=O)ON1C(=O)CCC1=O. The first kappa shape index (κ1) is 69.9. The van der Waals surface area contributed by atoms with Crippen molar-refractivity contribution in [2.45, 2.75) is 89.0 Å². The molecule has 0 atom stereocenters. The predicted molar refractivity (Wildman–Crippen MR) is 269 cm³/mol. The topological polar surface area (TPSA) is 305 Å². The lowest BCUT2D eigenvalue weighted by molar-refractivity contribution is -0.197. The molecule has 1 fully saturated rings. The van der Waals surface area contributed by atoms with Gasteiger partial charge in [0.05, 0.1) is 139 Å². The zero-order chi connectivity index (χ0) is 55.6. The first-order chi connectivity index (χ1) is 36.9. The molecule has 1 rings (SSSR count). The van der Waals surface area contributed by atoms with Crippen LogP contribution in [0.4, 0.5) is 0 Å². The molecule has 0 saturated carbocycles. The van der Waals surface area contributed by atoms with E-state index in [2.05, 4.69) is 16.0 Å². The number of imide groups is 1. The third-order valence-corrected chi connectivity index (χ3v) is 10.6. The van der Waals surface area contributed by atoms with Gasteiger partial charge in [-0.3, -0.25) is 33.6 Å². The van der Waals surface area contributed by atoms with Crippen molar-refractivity contribution in [2.24, 2.45) is 0 Å². The van der Waals surface area contributed by atoms with Crippen molar-refractivity contribution < 1.29 is 105 Å². The summed E-state index contributed by atoms with van der Waals surface area (Å²) in [6.07, 6.45) is 2.12. The smallest absolute Gasteiger partial charge is 0.333 e. The van der Waals surface area contributed by atoms with E-state index in [4.69, 9.17) is 66.4 Å². The van der Waals surface area contributed by atoms with Crippen molar-refractivity contribution in [3.63, 3.8) is 0 Å². The van der Waals surface area contributed by atoms with E-state index in [-0.39, 0.29) is 167 Å². The minimum atomic E-state index is -1.27. The second-order valence-corrected chi connectivity index (χ2v) is 17.1. The molecule has 1 aliphatic heterocycles. The van der Waals surface area contributed by atoms with Crippen LogP contribution in [0.25, 0.3) is 0 Å². The fourth-order valence-corrected chi connectivity index (χ4v) is 6.48. The third kappa shape index (κ3) is 41.0. The van der Waals surface area contributed by atoms with Gasteiger partial charge in [0.25, 0.3) is 11.8 Å². The Kier molecular flexibility index (Phi) is 45.2. The van der Waals surface area contributed by atoms with E-state index in [9.17, 15) is 38.4 Å². The number of amides is 5. The molecule has 3 N–H and O–H groups in total. The molecule has 0 radical (unpaired) electrons. The molecule has 26 heteroatoms. The summed E-state index contributed by atoms with van der Waals surface area (Å²) in [5.74, 6) is -2.85. The van der Waals surface area contributed by atoms with Crippen LogP contribution < -0.4 is 16.0 Å². The number of hydrogen-bond donors (Lipinski definition) is 3. The van der Waals surface area contributed by atoms with Gasteiger partial charge in [-0.1, -0.05) is 0 Å². The molecule has 0 spiro atoms. The zero-order valence-corrected chi connectivity index (χ0v) is 45.3. The van der Waals surface area contributed by atoms with Gasteiger partial charge >= 0.3 is 5.97 Å². The molecule has 76 heavy (non-hydrogen) atoms. The van der Waals surface area contributed by atoms with E-state index in [1.165, 1.54) is 0 Å². The van der Waals surface area contributed by atoms with E-state index in [1.54, 1.807) is 21.3 Å². The van der Waals surface area contributed by atoms with Crippen LogP contribution in [0, 0.1) is 0 Å². The van der Waals surface area contributed by atoms with Gasteiger partial charge in [-0.15, -0.1) is 5.06 Å². The van der Waals surface area contributed by atoms with Crippen molar-refractivity contribution in [1.29, 1.82) is 0 Å². The summed E-state index contributed by atoms with van der Waals surface area (Å²) in [7, 11) is 4.74. The fraction of sp³-hybridized carbons (Fsp3) is 0.840.